The van der Waals surface area contributed by atoms with E-state index in [2.05, 4.69) is 4.98 Å². The molecule has 1 aromatic heterocycles. The Labute approximate surface area is 118 Å². The Morgan fingerprint density at radius 3 is 2.75 bits per heavy atom. The highest BCUT2D eigenvalue weighted by Gasteiger charge is 2.45. The molecule has 1 aromatic rings. The van der Waals surface area contributed by atoms with E-state index in [1.807, 2.05) is 13.0 Å². The summed E-state index contributed by atoms with van der Waals surface area (Å²) in [6, 6.07) is 1.18. The maximum Gasteiger partial charge on any atom is 0.250 e. The third kappa shape index (κ3) is 1.97. The van der Waals surface area contributed by atoms with Crippen molar-refractivity contribution in [2.24, 2.45) is 0 Å². The highest BCUT2D eigenvalue weighted by molar-refractivity contribution is 6.08. The smallest absolute Gasteiger partial charge is 0.250 e. The summed E-state index contributed by atoms with van der Waals surface area (Å²) in [5.41, 5.74) is 1.71. The fourth-order valence-corrected chi connectivity index (χ4v) is 3.18. The third-order valence-electron chi connectivity index (χ3n) is 4.19. The van der Waals surface area contributed by atoms with Crippen molar-refractivity contribution in [3.8, 4) is 0 Å². The van der Waals surface area contributed by atoms with E-state index in [1.54, 1.807) is 29.1 Å². The van der Waals surface area contributed by atoms with E-state index in [-0.39, 0.29) is 17.9 Å². The van der Waals surface area contributed by atoms with Crippen molar-refractivity contribution in [3.05, 3.63) is 24.0 Å². The molecule has 3 rings (SSSR count). The minimum Gasteiger partial charge on any atom is -0.329 e. The van der Waals surface area contributed by atoms with Crippen molar-refractivity contribution < 1.29 is 9.59 Å². The van der Waals surface area contributed by atoms with Crippen LogP contribution in [0.4, 0.5) is 5.69 Å². The number of nitrogens with zero attached hydrogens (tertiary/aromatic N) is 3. The van der Waals surface area contributed by atoms with Crippen LogP contribution in [-0.2, 0) is 9.59 Å². The Kier molecular flexibility index (Phi) is 3.20. The van der Waals surface area contributed by atoms with Gasteiger partial charge in [-0.3, -0.25) is 19.5 Å². The summed E-state index contributed by atoms with van der Waals surface area (Å²) in [7, 11) is 0. The van der Waals surface area contributed by atoms with Crippen LogP contribution in [0.15, 0.2) is 18.5 Å². The van der Waals surface area contributed by atoms with Crippen LogP contribution < -0.4 is 4.90 Å². The largest absolute Gasteiger partial charge is 0.329 e. The Balaban J connectivity index is 1.98. The molecule has 20 heavy (non-hydrogen) atoms. The van der Waals surface area contributed by atoms with Gasteiger partial charge in [0.05, 0.1) is 11.9 Å². The maximum atomic E-state index is 12.7. The molecule has 0 aromatic carbocycles. The summed E-state index contributed by atoms with van der Waals surface area (Å²) in [6.45, 7) is 4.44. The van der Waals surface area contributed by atoms with Crippen LogP contribution in [-0.4, -0.2) is 40.3 Å². The number of pyridine rings is 1. The van der Waals surface area contributed by atoms with Crippen LogP contribution in [0.25, 0.3) is 0 Å². The van der Waals surface area contributed by atoms with E-state index in [4.69, 9.17) is 0 Å². The summed E-state index contributed by atoms with van der Waals surface area (Å²) in [4.78, 5) is 32.7. The molecule has 5 heteroatoms. The molecule has 2 aliphatic heterocycles. The van der Waals surface area contributed by atoms with Crippen LogP contribution in [0.1, 0.15) is 31.7 Å². The number of piperazine rings is 1. The first-order valence-corrected chi connectivity index (χ1v) is 7.15. The molecule has 0 spiro atoms. The van der Waals surface area contributed by atoms with Crippen LogP contribution in [0, 0.1) is 6.92 Å². The predicted octanol–water partition coefficient (Wildman–Crippen LogP) is 1.51. The topological polar surface area (TPSA) is 53.5 Å². The summed E-state index contributed by atoms with van der Waals surface area (Å²) in [5.74, 6) is 0.0833. The van der Waals surface area contributed by atoms with Gasteiger partial charge in [0, 0.05) is 12.7 Å². The van der Waals surface area contributed by atoms with Gasteiger partial charge in [0.15, 0.2) is 0 Å². The zero-order chi connectivity index (χ0) is 14.3. The van der Waals surface area contributed by atoms with Gasteiger partial charge in [-0.05, 0) is 44.7 Å². The van der Waals surface area contributed by atoms with E-state index in [9.17, 15) is 9.59 Å². The zero-order valence-corrected chi connectivity index (χ0v) is 11.9. The van der Waals surface area contributed by atoms with E-state index in [1.165, 1.54) is 0 Å². The highest BCUT2D eigenvalue weighted by Crippen LogP contribution is 2.29. The number of piperidine rings is 1. The van der Waals surface area contributed by atoms with Gasteiger partial charge < -0.3 is 4.90 Å². The van der Waals surface area contributed by atoms with Gasteiger partial charge in [-0.25, -0.2) is 0 Å². The lowest BCUT2D eigenvalue weighted by molar-refractivity contribution is -0.147. The van der Waals surface area contributed by atoms with Crippen LogP contribution in [0.2, 0.25) is 0 Å². The second-order valence-corrected chi connectivity index (χ2v) is 5.65. The number of amides is 2. The van der Waals surface area contributed by atoms with E-state index < -0.39 is 6.04 Å². The molecule has 2 atom stereocenters. The lowest BCUT2D eigenvalue weighted by atomic mass is 9.95. The predicted molar refractivity (Wildman–Crippen MR) is 75.3 cm³/mol. The van der Waals surface area contributed by atoms with Gasteiger partial charge in [-0.2, -0.15) is 0 Å². The molecule has 2 aliphatic rings. The molecule has 5 nitrogen and oxygen atoms in total. The average molecular weight is 273 g/mol. The monoisotopic (exact) mass is 273 g/mol. The normalized spacial score (nSPS) is 26.7. The second-order valence-electron chi connectivity index (χ2n) is 5.65. The van der Waals surface area contributed by atoms with Gasteiger partial charge in [-0.1, -0.05) is 0 Å². The van der Waals surface area contributed by atoms with Crippen molar-refractivity contribution in [2.75, 3.05) is 11.4 Å². The Hall–Kier alpha value is -1.91. The number of hydrogen-bond acceptors (Lipinski definition) is 3. The third-order valence-corrected chi connectivity index (χ3v) is 4.19. The van der Waals surface area contributed by atoms with E-state index in [0.29, 0.717) is 6.54 Å². The number of rotatable bonds is 1. The minimum atomic E-state index is -0.444. The fraction of sp³-hybridized carbons (Fsp3) is 0.533. The molecule has 0 radical (unpaired) electrons. The molecule has 2 amide bonds. The first-order valence-electron chi connectivity index (χ1n) is 7.15. The molecule has 3 heterocycles. The van der Waals surface area contributed by atoms with Gasteiger partial charge >= 0.3 is 0 Å². The molecular weight excluding hydrogens is 254 g/mol. The van der Waals surface area contributed by atoms with Gasteiger partial charge in [0.2, 0.25) is 5.91 Å². The molecule has 0 saturated carbocycles. The Morgan fingerprint density at radius 1 is 1.20 bits per heavy atom. The lowest BCUT2D eigenvalue weighted by Crippen LogP contribution is -2.65. The number of carbonyl (C=O) groups excluding carboxylic acids is 2. The highest BCUT2D eigenvalue weighted by atomic mass is 16.2. The average Bonchev–Trinajstić information content (AvgIpc) is 2.45. The molecule has 0 aliphatic carbocycles. The first-order chi connectivity index (χ1) is 9.59. The van der Waals surface area contributed by atoms with Gasteiger partial charge in [-0.15, -0.1) is 0 Å². The van der Waals surface area contributed by atoms with Crippen molar-refractivity contribution in [2.45, 2.75) is 45.2 Å². The van der Waals surface area contributed by atoms with Crippen molar-refractivity contribution in [1.29, 1.82) is 0 Å². The minimum absolute atomic E-state index is 0.0317. The number of anilines is 1. The van der Waals surface area contributed by atoms with E-state index >= 15 is 0 Å². The van der Waals surface area contributed by atoms with E-state index in [0.717, 1.165) is 30.5 Å². The van der Waals surface area contributed by atoms with Crippen LogP contribution in [0.5, 0.6) is 0 Å². The number of hydrogen-bond donors (Lipinski definition) is 0. The molecule has 2 fully saturated rings. The molecule has 0 bridgehead atoms. The number of fused-ring (bicyclic) bond motifs is 1. The standard InChI is InChI=1S/C15H19N3O2/c1-10-7-12(9-16-8-10)18-11(2)14(19)17-6-4-3-5-13(17)15(18)20/h7-9,11,13H,3-6H2,1-2H3. The summed E-state index contributed by atoms with van der Waals surface area (Å²) in [6.07, 6.45) is 6.18. The quantitative estimate of drug-likeness (QED) is 0.779. The van der Waals surface area contributed by atoms with Crippen LogP contribution >= 0.6 is 0 Å². The molecular formula is C15H19N3O2. The van der Waals surface area contributed by atoms with Crippen molar-refractivity contribution >= 4 is 17.5 Å². The Bertz CT molecular complexity index is 558. The fourth-order valence-electron chi connectivity index (χ4n) is 3.18. The summed E-state index contributed by atoms with van der Waals surface area (Å²) >= 11 is 0. The SMILES string of the molecule is Cc1cncc(N2C(=O)C3CCCCN3C(=O)C2C)c1. The summed E-state index contributed by atoms with van der Waals surface area (Å²) in [5, 5.41) is 0. The maximum absolute atomic E-state index is 12.7. The van der Waals surface area contributed by atoms with Crippen molar-refractivity contribution in [3.63, 3.8) is 0 Å². The molecule has 0 N–H and O–H groups in total. The first kappa shape index (κ1) is 13.1. The number of aryl methyl sites for hydroxylation is 1. The zero-order valence-electron chi connectivity index (χ0n) is 11.9. The lowest BCUT2D eigenvalue weighted by Gasteiger charge is -2.45. The van der Waals surface area contributed by atoms with Crippen LogP contribution in [0.3, 0.4) is 0 Å². The number of carbonyl (C=O) groups is 2. The van der Waals surface area contributed by atoms with Gasteiger partial charge in [0.1, 0.15) is 12.1 Å². The molecule has 2 saturated heterocycles. The second kappa shape index (κ2) is 4.89. The number of aromatic nitrogens is 1. The summed E-state index contributed by atoms with van der Waals surface area (Å²) < 4.78 is 0. The molecule has 2 unspecified atom stereocenters. The van der Waals surface area contributed by atoms with Crippen molar-refractivity contribution in [1.82, 2.24) is 9.88 Å². The Morgan fingerprint density at radius 2 is 2.00 bits per heavy atom. The van der Waals surface area contributed by atoms with Gasteiger partial charge in [0.25, 0.3) is 5.91 Å². The molecule has 106 valence electrons.